The van der Waals surface area contributed by atoms with Crippen LogP contribution in [0, 0.1) is 0 Å². The Hall–Kier alpha value is -2.13. The fourth-order valence-corrected chi connectivity index (χ4v) is 0.463. The molecule has 0 rings (SSSR count). The molecule has 0 aromatic rings. The van der Waals surface area contributed by atoms with Gasteiger partial charge >= 0.3 is 11.9 Å². The molecule has 0 saturated carbocycles. The number of ether oxygens (including phenoxy) is 2. The van der Waals surface area contributed by atoms with Crippen LogP contribution in [0.1, 0.15) is 6.92 Å². The number of Topliss-reactive ketones (excluding diaryl/α,β-unsaturated/α-hetero) is 1. The topological polar surface area (TPSA) is 69.7 Å². The van der Waals surface area contributed by atoms with Gasteiger partial charge in [0.15, 0.2) is 5.78 Å². The number of methoxy groups -OCH3 is 1. The molecule has 0 bridgehead atoms. The Morgan fingerprint density at radius 1 is 1.33 bits per heavy atom. The molecule has 0 aliphatic heterocycles. The summed E-state index contributed by atoms with van der Waals surface area (Å²) in [6.45, 7) is 4.40. The van der Waals surface area contributed by atoms with Gasteiger partial charge < -0.3 is 9.47 Å². The SMILES string of the molecule is C=C(C(C)=O)C(=O)OC=C=CC(=O)OC. The number of ketones is 1. The quantitative estimate of drug-likeness (QED) is 0.169. The monoisotopic (exact) mass is 210 g/mol. The fourth-order valence-electron chi connectivity index (χ4n) is 0.463. The number of carbonyl (C=O) groups excluding carboxylic acids is 3. The summed E-state index contributed by atoms with van der Waals surface area (Å²) in [4.78, 5) is 32.1. The summed E-state index contributed by atoms with van der Waals surface area (Å²) in [7, 11) is 1.20. The van der Waals surface area contributed by atoms with Crippen LogP contribution in [-0.4, -0.2) is 24.8 Å². The van der Waals surface area contributed by atoms with Crippen LogP contribution < -0.4 is 0 Å². The third-order valence-electron chi connectivity index (χ3n) is 1.31. The van der Waals surface area contributed by atoms with Crippen LogP contribution in [0.15, 0.2) is 30.2 Å². The Morgan fingerprint density at radius 3 is 2.40 bits per heavy atom. The van der Waals surface area contributed by atoms with E-state index in [2.05, 4.69) is 21.8 Å². The van der Waals surface area contributed by atoms with Crippen molar-refractivity contribution >= 4 is 17.7 Å². The lowest BCUT2D eigenvalue weighted by Crippen LogP contribution is -2.09. The van der Waals surface area contributed by atoms with Crippen molar-refractivity contribution in [2.45, 2.75) is 6.92 Å². The molecule has 0 unspecified atom stereocenters. The molecule has 0 aromatic carbocycles. The minimum absolute atomic E-state index is 0.272. The minimum atomic E-state index is -0.881. The van der Waals surface area contributed by atoms with Gasteiger partial charge in [-0.25, -0.2) is 9.59 Å². The van der Waals surface area contributed by atoms with E-state index in [0.29, 0.717) is 0 Å². The molecule has 0 aromatic heterocycles. The normalized spacial score (nSPS) is 8.13. The van der Waals surface area contributed by atoms with E-state index in [9.17, 15) is 14.4 Å². The van der Waals surface area contributed by atoms with E-state index in [4.69, 9.17) is 0 Å². The smallest absolute Gasteiger partial charge is 0.346 e. The Kier molecular flexibility index (Phi) is 5.44. The van der Waals surface area contributed by atoms with E-state index in [-0.39, 0.29) is 5.57 Å². The maximum absolute atomic E-state index is 11.0. The lowest BCUT2D eigenvalue weighted by atomic mass is 10.2. The van der Waals surface area contributed by atoms with E-state index in [0.717, 1.165) is 12.3 Å². The summed E-state index contributed by atoms with van der Waals surface area (Å²) < 4.78 is 8.68. The van der Waals surface area contributed by atoms with Crippen LogP contribution in [0.2, 0.25) is 0 Å². The third-order valence-corrected chi connectivity index (χ3v) is 1.31. The highest BCUT2D eigenvalue weighted by Gasteiger charge is 2.11. The lowest BCUT2D eigenvalue weighted by molar-refractivity contribution is -0.136. The van der Waals surface area contributed by atoms with Gasteiger partial charge in [-0.2, -0.15) is 0 Å². The van der Waals surface area contributed by atoms with Crippen molar-refractivity contribution in [3.05, 3.63) is 30.2 Å². The number of hydrogen-bond acceptors (Lipinski definition) is 5. The third kappa shape index (κ3) is 5.23. The summed E-state index contributed by atoms with van der Waals surface area (Å²) in [5.74, 6) is -1.99. The molecule has 5 heteroatoms. The van der Waals surface area contributed by atoms with Gasteiger partial charge in [0, 0.05) is 0 Å². The minimum Gasteiger partial charge on any atom is -0.465 e. The predicted molar refractivity (Wildman–Crippen MR) is 50.6 cm³/mol. The zero-order valence-electron chi connectivity index (χ0n) is 8.40. The van der Waals surface area contributed by atoms with E-state index >= 15 is 0 Å². The zero-order chi connectivity index (χ0) is 11.8. The zero-order valence-corrected chi connectivity index (χ0v) is 8.40. The van der Waals surface area contributed by atoms with Crippen molar-refractivity contribution in [2.75, 3.05) is 7.11 Å². The van der Waals surface area contributed by atoms with Gasteiger partial charge in [-0.3, -0.25) is 4.79 Å². The first-order chi connectivity index (χ1) is 6.99. The molecule has 0 saturated heterocycles. The van der Waals surface area contributed by atoms with Crippen LogP contribution >= 0.6 is 0 Å². The highest BCUT2D eigenvalue weighted by molar-refractivity contribution is 6.15. The maximum atomic E-state index is 11.0. The van der Waals surface area contributed by atoms with Crippen LogP contribution in [0.5, 0.6) is 0 Å². The summed E-state index contributed by atoms with van der Waals surface area (Å²) in [5, 5.41) is 0. The van der Waals surface area contributed by atoms with E-state index in [1.807, 2.05) is 0 Å². The second kappa shape index (κ2) is 6.34. The summed E-state index contributed by atoms with van der Waals surface area (Å²) in [5.41, 5.74) is 1.97. The fraction of sp³-hybridized carbons (Fsp3) is 0.200. The second-order valence-corrected chi connectivity index (χ2v) is 2.39. The highest BCUT2D eigenvalue weighted by atomic mass is 16.5. The van der Waals surface area contributed by atoms with Gasteiger partial charge in [-0.15, -0.1) is 0 Å². The van der Waals surface area contributed by atoms with Gasteiger partial charge in [-0.05, 0) is 6.92 Å². The average molecular weight is 210 g/mol. The Labute approximate surface area is 86.7 Å². The summed E-state index contributed by atoms with van der Waals surface area (Å²) in [6.07, 6.45) is 1.77. The van der Waals surface area contributed by atoms with Crippen LogP contribution in [0.3, 0.4) is 0 Å². The molecule has 80 valence electrons. The van der Waals surface area contributed by atoms with Crippen molar-refractivity contribution in [3.63, 3.8) is 0 Å². The predicted octanol–water partition coefficient (Wildman–Crippen LogP) is 0.517. The number of rotatable bonds is 4. The van der Waals surface area contributed by atoms with Gasteiger partial charge in [0.2, 0.25) is 0 Å². The molecule has 0 heterocycles. The highest BCUT2D eigenvalue weighted by Crippen LogP contribution is 1.95. The van der Waals surface area contributed by atoms with Crippen molar-refractivity contribution in [2.24, 2.45) is 0 Å². The molecule has 0 amide bonds. The largest absolute Gasteiger partial charge is 0.465 e. The first-order valence-electron chi connectivity index (χ1n) is 3.88. The Balaban J connectivity index is 4.23. The molecular formula is C10H10O5. The first kappa shape index (κ1) is 12.9. The van der Waals surface area contributed by atoms with Gasteiger partial charge in [0.05, 0.1) is 18.8 Å². The molecular weight excluding hydrogens is 200 g/mol. The van der Waals surface area contributed by atoms with Gasteiger partial charge in [0.1, 0.15) is 6.26 Å². The van der Waals surface area contributed by atoms with Crippen LogP contribution in [0.25, 0.3) is 0 Å². The lowest BCUT2D eigenvalue weighted by Gasteiger charge is -1.96. The molecule has 5 nitrogen and oxygen atoms in total. The maximum Gasteiger partial charge on any atom is 0.346 e. The molecule has 0 fully saturated rings. The first-order valence-corrected chi connectivity index (χ1v) is 3.88. The Morgan fingerprint density at radius 2 is 1.93 bits per heavy atom. The van der Waals surface area contributed by atoms with Crippen molar-refractivity contribution in [3.8, 4) is 0 Å². The van der Waals surface area contributed by atoms with Gasteiger partial charge in [-0.1, -0.05) is 12.3 Å². The number of carbonyl (C=O) groups is 3. The molecule has 0 N–H and O–H groups in total. The summed E-state index contributed by atoms with van der Waals surface area (Å²) >= 11 is 0. The van der Waals surface area contributed by atoms with Crippen molar-refractivity contribution in [1.82, 2.24) is 0 Å². The van der Waals surface area contributed by atoms with Crippen molar-refractivity contribution in [1.29, 1.82) is 0 Å². The van der Waals surface area contributed by atoms with Gasteiger partial charge in [0.25, 0.3) is 0 Å². The summed E-state index contributed by atoms with van der Waals surface area (Å²) in [6, 6.07) is 0. The molecule has 0 spiro atoms. The number of hydrogen-bond donors (Lipinski definition) is 0. The standard InChI is InChI=1S/C10H10O5/c1-7(8(2)11)10(13)15-6-4-5-9(12)14-3/h5-6H,1H2,2-3H3. The van der Waals surface area contributed by atoms with Crippen LogP contribution in [-0.2, 0) is 23.9 Å². The molecule has 15 heavy (non-hydrogen) atoms. The molecule has 0 atom stereocenters. The molecule has 0 radical (unpaired) electrons. The Bertz CT molecular complexity index is 358. The van der Waals surface area contributed by atoms with Crippen LogP contribution in [0.4, 0.5) is 0 Å². The molecule has 0 aliphatic carbocycles. The average Bonchev–Trinajstić information content (AvgIpc) is 2.22. The van der Waals surface area contributed by atoms with Crippen molar-refractivity contribution < 1.29 is 23.9 Å². The van der Waals surface area contributed by atoms with E-state index in [1.165, 1.54) is 14.0 Å². The second-order valence-electron chi connectivity index (χ2n) is 2.39. The number of esters is 2. The van der Waals surface area contributed by atoms with E-state index < -0.39 is 17.7 Å². The van der Waals surface area contributed by atoms with E-state index in [1.54, 1.807) is 0 Å². The molecule has 0 aliphatic rings.